The molecule has 1 aromatic carbocycles. The summed E-state index contributed by atoms with van der Waals surface area (Å²) in [4.78, 5) is 21.0. The molecule has 138 valence electrons. The number of carbonyl (C=O) groups is 1. The van der Waals surface area contributed by atoms with E-state index < -0.39 is 0 Å². The zero-order chi connectivity index (χ0) is 18.1. The molecule has 1 amide bonds. The lowest BCUT2D eigenvalue weighted by atomic mass is 9.90. The van der Waals surface area contributed by atoms with Crippen LogP contribution in [0, 0.1) is 13.8 Å². The van der Waals surface area contributed by atoms with Crippen molar-refractivity contribution in [3.8, 4) is 11.3 Å². The number of ether oxygens (including phenoxy) is 1. The molecule has 2 fully saturated rings. The molecule has 4 rings (SSSR count). The molecule has 2 atom stereocenters. The van der Waals surface area contributed by atoms with Gasteiger partial charge in [0.1, 0.15) is 0 Å². The van der Waals surface area contributed by atoms with Gasteiger partial charge in [0, 0.05) is 17.0 Å². The lowest BCUT2D eigenvalue weighted by Gasteiger charge is -2.43. The lowest BCUT2D eigenvalue weighted by Crippen LogP contribution is -2.55. The van der Waals surface area contributed by atoms with Crippen LogP contribution in [0.3, 0.4) is 0 Å². The summed E-state index contributed by atoms with van der Waals surface area (Å²) in [5.41, 5.74) is 3.30. The van der Waals surface area contributed by atoms with Gasteiger partial charge in [0.2, 0.25) is 5.91 Å². The van der Waals surface area contributed by atoms with E-state index >= 15 is 0 Å². The highest BCUT2D eigenvalue weighted by atomic mass is 32.1. The van der Waals surface area contributed by atoms with Gasteiger partial charge in [-0.15, -0.1) is 11.3 Å². The van der Waals surface area contributed by atoms with Gasteiger partial charge in [0.15, 0.2) is 0 Å². The summed E-state index contributed by atoms with van der Waals surface area (Å²) < 4.78 is 5.92. The molecule has 1 saturated heterocycles. The minimum Gasteiger partial charge on any atom is -0.374 e. The molecule has 1 saturated carbocycles. The number of rotatable bonds is 3. The molecule has 0 N–H and O–H groups in total. The number of thiazole rings is 1. The van der Waals surface area contributed by atoms with Crippen LogP contribution in [0.5, 0.6) is 0 Å². The highest BCUT2D eigenvalue weighted by Gasteiger charge is 2.36. The van der Waals surface area contributed by atoms with Crippen LogP contribution in [0.15, 0.2) is 24.3 Å². The summed E-state index contributed by atoms with van der Waals surface area (Å²) >= 11 is 1.65. The number of aromatic nitrogens is 1. The van der Waals surface area contributed by atoms with E-state index in [0.717, 1.165) is 40.5 Å². The SMILES string of the molecule is Cc1ccc(-c2nc(C)sc2CC(=O)N2CCO[C@@H]3CCCC[C@@H]32)cc1. The molecule has 4 nitrogen and oxygen atoms in total. The minimum absolute atomic E-state index is 0.224. The van der Waals surface area contributed by atoms with Crippen molar-refractivity contribution in [1.82, 2.24) is 9.88 Å². The van der Waals surface area contributed by atoms with E-state index in [-0.39, 0.29) is 18.1 Å². The molecule has 26 heavy (non-hydrogen) atoms. The van der Waals surface area contributed by atoms with E-state index in [9.17, 15) is 4.79 Å². The van der Waals surface area contributed by atoms with Gasteiger partial charge in [-0.1, -0.05) is 42.7 Å². The number of amides is 1. The fraction of sp³-hybridized carbons (Fsp3) is 0.524. The van der Waals surface area contributed by atoms with Crippen molar-refractivity contribution in [1.29, 1.82) is 0 Å². The van der Waals surface area contributed by atoms with Crippen molar-refractivity contribution < 1.29 is 9.53 Å². The number of carbonyl (C=O) groups excluding carboxylic acids is 1. The van der Waals surface area contributed by atoms with Crippen molar-refractivity contribution in [3.05, 3.63) is 39.7 Å². The summed E-state index contributed by atoms with van der Waals surface area (Å²) in [5, 5.41) is 1.01. The number of hydrogen-bond donors (Lipinski definition) is 0. The fourth-order valence-electron chi connectivity index (χ4n) is 4.17. The molecule has 1 aliphatic heterocycles. The minimum atomic E-state index is 0.224. The van der Waals surface area contributed by atoms with Crippen LogP contribution in [-0.2, 0) is 16.0 Å². The Bertz CT molecular complexity index is 782. The van der Waals surface area contributed by atoms with E-state index in [1.165, 1.54) is 18.4 Å². The predicted octanol–water partition coefficient (Wildman–Crippen LogP) is 4.14. The molecule has 1 aromatic heterocycles. The Kier molecular flexibility index (Phi) is 5.09. The van der Waals surface area contributed by atoms with Gasteiger partial charge in [-0.2, -0.15) is 0 Å². The molecule has 0 bridgehead atoms. The molecule has 0 radical (unpaired) electrons. The van der Waals surface area contributed by atoms with E-state index in [1.807, 2.05) is 6.92 Å². The summed E-state index contributed by atoms with van der Waals surface area (Å²) in [6.45, 7) is 5.48. The smallest absolute Gasteiger partial charge is 0.228 e. The number of hydrogen-bond acceptors (Lipinski definition) is 4. The Morgan fingerprint density at radius 1 is 1.23 bits per heavy atom. The van der Waals surface area contributed by atoms with Crippen LogP contribution in [-0.4, -0.2) is 41.1 Å². The first-order chi connectivity index (χ1) is 12.6. The molecular formula is C21H26N2O2S. The number of benzene rings is 1. The van der Waals surface area contributed by atoms with Crippen LogP contribution in [0.2, 0.25) is 0 Å². The standard InChI is InChI=1S/C21H26N2O2S/c1-14-7-9-16(10-8-14)21-19(26-15(2)22-21)13-20(24)23-11-12-25-18-6-4-3-5-17(18)23/h7-10,17-18H,3-6,11-13H2,1-2H3/t17-,18+/m0/s1. The van der Waals surface area contributed by atoms with E-state index in [1.54, 1.807) is 11.3 Å². The first-order valence-corrected chi connectivity index (χ1v) is 10.4. The van der Waals surface area contributed by atoms with E-state index in [0.29, 0.717) is 13.0 Å². The molecule has 5 heteroatoms. The Labute approximate surface area is 159 Å². The van der Waals surface area contributed by atoms with Crippen LogP contribution in [0.1, 0.15) is 41.1 Å². The topological polar surface area (TPSA) is 42.4 Å². The third kappa shape index (κ3) is 3.55. The third-order valence-corrected chi connectivity index (χ3v) is 6.46. The van der Waals surface area contributed by atoms with Crippen molar-refractivity contribution >= 4 is 17.2 Å². The molecule has 0 unspecified atom stereocenters. The van der Waals surface area contributed by atoms with Gasteiger partial charge in [-0.25, -0.2) is 4.98 Å². The van der Waals surface area contributed by atoms with Crippen LogP contribution >= 0.6 is 11.3 Å². The zero-order valence-corrected chi connectivity index (χ0v) is 16.3. The van der Waals surface area contributed by atoms with Crippen molar-refractivity contribution in [2.24, 2.45) is 0 Å². The van der Waals surface area contributed by atoms with E-state index in [2.05, 4.69) is 36.1 Å². The zero-order valence-electron chi connectivity index (χ0n) is 15.5. The summed E-state index contributed by atoms with van der Waals surface area (Å²) in [6, 6.07) is 8.67. The second-order valence-corrected chi connectivity index (χ2v) is 8.68. The average molecular weight is 371 g/mol. The van der Waals surface area contributed by atoms with E-state index in [4.69, 9.17) is 9.72 Å². The number of fused-ring (bicyclic) bond motifs is 1. The highest BCUT2D eigenvalue weighted by Crippen LogP contribution is 2.32. The third-order valence-electron chi connectivity index (χ3n) is 5.49. The molecule has 1 aliphatic carbocycles. The van der Waals surface area contributed by atoms with Gasteiger partial charge in [-0.3, -0.25) is 4.79 Å². The highest BCUT2D eigenvalue weighted by molar-refractivity contribution is 7.12. The Balaban J connectivity index is 1.55. The van der Waals surface area contributed by atoms with Crippen molar-refractivity contribution in [3.63, 3.8) is 0 Å². The Morgan fingerprint density at radius 3 is 2.81 bits per heavy atom. The lowest BCUT2D eigenvalue weighted by molar-refractivity contribution is -0.148. The first kappa shape index (κ1) is 17.7. The quantitative estimate of drug-likeness (QED) is 0.815. The Hall–Kier alpha value is -1.72. The van der Waals surface area contributed by atoms with Gasteiger partial charge in [0.05, 0.1) is 35.9 Å². The molecular weight excluding hydrogens is 344 g/mol. The maximum atomic E-state index is 13.1. The predicted molar refractivity (Wildman–Crippen MR) is 104 cm³/mol. The Morgan fingerprint density at radius 2 is 2.00 bits per heavy atom. The molecule has 0 spiro atoms. The van der Waals surface area contributed by atoms with Gasteiger partial charge in [0.25, 0.3) is 0 Å². The van der Waals surface area contributed by atoms with Crippen molar-refractivity contribution in [2.45, 2.75) is 58.1 Å². The van der Waals surface area contributed by atoms with Gasteiger partial charge < -0.3 is 9.64 Å². The fourth-order valence-corrected chi connectivity index (χ4v) is 5.12. The average Bonchev–Trinajstić information content (AvgIpc) is 3.02. The van der Waals surface area contributed by atoms with Crippen LogP contribution < -0.4 is 0 Å². The number of nitrogens with zero attached hydrogens (tertiary/aromatic N) is 2. The normalized spacial score (nSPS) is 22.9. The van der Waals surface area contributed by atoms with Gasteiger partial charge in [-0.05, 0) is 26.7 Å². The second-order valence-electron chi connectivity index (χ2n) is 7.40. The van der Waals surface area contributed by atoms with Crippen molar-refractivity contribution in [2.75, 3.05) is 13.2 Å². The second kappa shape index (κ2) is 7.49. The monoisotopic (exact) mass is 370 g/mol. The van der Waals surface area contributed by atoms with Crippen LogP contribution in [0.4, 0.5) is 0 Å². The molecule has 2 heterocycles. The largest absolute Gasteiger partial charge is 0.374 e. The summed E-state index contributed by atoms with van der Waals surface area (Å²) in [6.07, 6.45) is 5.25. The van der Waals surface area contributed by atoms with Gasteiger partial charge >= 0.3 is 0 Å². The maximum absolute atomic E-state index is 13.1. The summed E-state index contributed by atoms with van der Waals surface area (Å²) in [7, 11) is 0. The number of morpholine rings is 1. The molecule has 2 aromatic rings. The molecule has 2 aliphatic rings. The maximum Gasteiger partial charge on any atom is 0.228 e. The van der Waals surface area contributed by atoms with Crippen LogP contribution in [0.25, 0.3) is 11.3 Å². The summed E-state index contributed by atoms with van der Waals surface area (Å²) in [5.74, 6) is 0.224. The first-order valence-electron chi connectivity index (χ1n) is 9.56. The number of aryl methyl sites for hydroxylation is 2.